The zero-order valence-corrected chi connectivity index (χ0v) is 21.1. The van der Waals surface area contributed by atoms with Crippen LogP contribution >= 0.6 is 0 Å². The average molecular weight is 527 g/mol. The molecule has 0 radical (unpaired) electrons. The molecule has 2 heterocycles. The van der Waals surface area contributed by atoms with Gasteiger partial charge in [0.15, 0.2) is 5.96 Å². The monoisotopic (exact) mass is 526 g/mol. The third kappa shape index (κ3) is 7.46. The van der Waals surface area contributed by atoms with E-state index < -0.39 is 18.1 Å². The van der Waals surface area contributed by atoms with Crippen LogP contribution in [0.4, 0.5) is 4.79 Å². The predicted molar refractivity (Wildman–Crippen MR) is 138 cm³/mol. The number of hydrogen-bond donors (Lipinski definition) is 5. The molecule has 12 heteroatoms. The Labute approximate surface area is 220 Å². The minimum absolute atomic E-state index is 0.00296. The molecule has 3 atom stereocenters. The zero-order valence-electron chi connectivity index (χ0n) is 21.1. The summed E-state index contributed by atoms with van der Waals surface area (Å²) in [6.07, 6.45) is 4.68. The lowest BCUT2D eigenvalue weighted by atomic mass is 9.94. The van der Waals surface area contributed by atoms with Crippen molar-refractivity contribution in [3.05, 3.63) is 48.0 Å². The second-order valence-electron chi connectivity index (χ2n) is 9.58. The number of carbonyl (C=O) groups excluding carboxylic acids is 3. The molecule has 0 bridgehead atoms. The molecular weight excluding hydrogens is 492 g/mol. The van der Waals surface area contributed by atoms with Gasteiger partial charge < -0.3 is 36.0 Å². The van der Waals surface area contributed by atoms with Crippen LogP contribution in [0.1, 0.15) is 24.8 Å². The second kappa shape index (κ2) is 12.9. The van der Waals surface area contributed by atoms with E-state index in [0.29, 0.717) is 32.4 Å². The summed E-state index contributed by atoms with van der Waals surface area (Å²) >= 11 is 0. The molecule has 204 valence electrons. The average Bonchev–Trinajstić information content (AvgIpc) is 3.62. The summed E-state index contributed by atoms with van der Waals surface area (Å²) < 4.78 is 5.07. The van der Waals surface area contributed by atoms with Gasteiger partial charge in [-0.25, -0.2) is 9.59 Å². The summed E-state index contributed by atoms with van der Waals surface area (Å²) in [5.74, 6) is -1.30. The summed E-state index contributed by atoms with van der Waals surface area (Å²) in [6.45, 7) is 2.22. The molecule has 0 aromatic heterocycles. The summed E-state index contributed by atoms with van der Waals surface area (Å²) in [4.78, 5) is 55.4. The van der Waals surface area contributed by atoms with Gasteiger partial charge in [0.1, 0.15) is 12.6 Å². The lowest BCUT2D eigenvalue weighted by molar-refractivity contribution is -0.140. The molecule has 1 fully saturated rings. The topological polar surface area (TPSA) is 161 Å². The lowest BCUT2D eigenvalue weighted by Crippen LogP contribution is -2.50. The normalized spacial score (nSPS) is 21.7. The van der Waals surface area contributed by atoms with Gasteiger partial charge in [-0.2, -0.15) is 0 Å². The molecule has 0 unspecified atom stereocenters. The molecule has 4 rings (SSSR count). The zero-order chi connectivity index (χ0) is 26.9. The van der Waals surface area contributed by atoms with Gasteiger partial charge in [-0.3, -0.25) is 14.6 Å². The van der Waals surface area contributed by atoms with Gasteiger partial charge >= 0.3 is 12.1 Å². The van der Waals surface area contributed by atoms with Crippen LogP contribution in [0.5, 0.6) is 0 Å². The molecule has 1 aliphatic carbocycles. The third-order valence-electron chi connectivity index (χ3n) is 6.86. The summed E-state index contributed by atoms with van der Waals surface area (Å²) in [7, 11) is 0. The molecule has 1 saturated heterocycles. The highest BCUT2D eigenvalue weighted by Crippen LogP contribution is 2.24. The van der Waals surface area contributed by atoms with Crippen LogP contribution in [0, 0.1) is 11.8 Å². The standard InChI is InChI=1S/C26H34N6O6/c33-22(29-15-21(24(35)36)31-26(37)38-16-17-4-2-1-3-5-17)18-8-12-32(13-9-18)23(34)19-6-7-20(14-19)30-25-27-10-11-28-25/h1-7,18-21H,8-16H2,(H,29,33)(H,31,37)(H,35,36)(H2,27,28,30)/t19-,20+,21-/m0/s1. The number of aliphatic carboxylic acids is 1. The number of piperidine rings is 1. The maximum Gasteiger partial charge on any atom is 0.408 e. The number of carboxylic acids is 1. The van der Waals surface area contributed by atoms with E-state index in [-0.39, 0.29) is 42.8 Å². The van der Waals surface area contributed by atoms with Crippen molar-refractivity contribution in [1.29, 1.82) is 0 Å². The van der Waals surface area contributed by atoms with E-state index in [1.807, 2.05) is 18.2 Å². The van der Waals surface area contributed by atoms with Crippen molar-refractivity contribution in [3.63, 3.8) is 0 Å². The van der Waals surface area contributed by atoms with Crippen LogP contribution in [0.2, 0.25) is 0 Å². The molecule has 0 saturated carbocycles. The van der Waals surface area contributed by atoms with Crippen LogP contribution in [0.25, 0.3) is 0 Å². The van der Waals surface area contributed by atoms with Crippen LogP contribution in [0.15, 0.2) is 47.5 Å². The Hall–Kier alpha value is -4.09. The molecule has 1 aromatic carbocycles. The first kappa shape index (κ1) is 27.0. The number of rotatable bonds is 9. The Morgan fingerprint density at radius 3 is 2.58 bits per heavy atom. The minimum Gasteiger partial charge on any atom is -0.480 e. The van der Waals surface area contributed by atoms with Gasteiger partial charge in [0.25, 0.3) is 0 Å². The number of carbonyl (C=O) groups is 4. The van der Waals surface area contributed by atoms with Crippen molar-refractivity contribution in [3.8, 4) is 0 Å². The van der Waals surface area contributed by atoms with Crippen molar-refractivity contribution in [1.82, 2.24) is 26.2 Å². The number of alkyl carbamates (subject to hydrolysis) is 1. The first-order valence-corrected chi connectivity index (χ1v) is 12.9. The van der Waals surface area contributed by atoms with Crippen molar-refractivity contribution in [2.24, 2.45) is 16.8 Å². The molecule has 1 aromatic rings. The molecular formula is C26H34N6O6. The highest BCUT2D eigenvalue weighted by Gasteiger charge is 2.33. The van der Waals surface area contributed by atoms with Gasteiger partial charge in [-0.1, -0.05) is 42.5 Å². The quantitative estimate of drug-likeness (QED) is 0.286. The Morgan fingerprint density at radius 2 is 1.89 bits per heavy atom. The number of nitrogens with zero attached hydrogens (tertiary/aromatic N) is 2. The molecule has 2 aliphatic heterocycles. The first-order valence-electron chi connectivity index (χ1n) is 12.9. The maximum atomic E-state index is 13.0. The van der Waals surface area contributed by atoms with Crippen molar-refractivity contribution < 1.29 is 29.0 Å². The van der Waals surface area contributed by atoms with E-state index in [9.17, 15) is 24.3 Å². The molecule has 12 nitrogen and oxygen atoms in total. The minimum atomic E-state index is -1.33. The Bertz CT molecular complexity index is 1070. The first-order chi connectivity index (χ1) is 18.4. The molecule has 3 amide bonds. The van der Waals surface area contributed by atoms with E-state index >= 15 is 0 Å². The van der Waals surface area contributed by atoms with E-state index in [1.54, 1.807) is 29.2 Å². The Morgan fingerprint density at radius 1 is 1.13 bits per heavy atom. The van der Waals surface area contributed by atoms with E-state index in [1.165, 1.54) is 0 Å². The van der Waals surface area contributed by atoms with E-state index in [0.717, 1.165) is 24.6 Å². The number of ether oxygens (including phenoxy) is 1. The molecule has 5 N–H and O–H groups in total. The lowest BCUT2D eigenvalue weighted by Gasteiger charge is -2.33. The summed E-state index contributed by atoms with van der Waals surface area (Å²) in [5, 5.41) is 20.8. The molecule has 0 spiro atoms. The largest absolute Gasteiger partial charge is 0.480 e. The van der Waals surface area contributed by atoms with Crippen LogP contribution in [0.3, 0.4) is 0 Å². The van der Waals surface area contributed by atoms with Crippen molar-refractivity contribution in [2.45, 2.75) is 38.0 Å². The Balaban J connectivity index is 1.16. The van der Waals surface area contributed by atoms with Gasteiger partial charge in [0.05, 0.1) is 12.5 Å². The van der Waals surface area contributed by atoms with Crippen molar-refractivity contribution in [2.75, 3.05) is 32.7 Å². The van der Waals surface area contributed by atoms with Crippen molar-refractivity contribution >= 4 is 29.8 Å². The molecule has 38 heavy (non-hydrogen) atoms. The smallest absolute Gasteiger partial charge is 0.408 e. The summed E-state index contributed by atoms with van der Waals surface area (Å²) in [6, 6.07) is 7.73. The number of amides is 3. The number of carboxylic acid groups (broad SMARTS) is 1. The van der Waals surface area contributed by atoms with Gasteiger partial charge in [-0.15, -0.1) is 0 Å². The maximum absolute atomic E-state index is 13.0. The summed E-state index contributed by atoms with van der Waals surface area (Å²) in [5.41, 5.74) is 0.768. The third-order valence-corrected chi connectivity index (χ3v) is 6.86. The van der Waals surface area contributed by atoms with Gasteiger partial charge in [-0.05, 0) is 24.8 Å². The number of likely N-dealkylation sites (tertiary alicyclic amines) is 1. The van der Waals surface area contributed by atoms with E-state index in [2.05, 4.69) is 26.3 Å². The predicted octanol–water partition coefficient (Wildman–Crippen LogP) is 0.214. The van der Waals surface area contributed by atoms with Crippen LogP contribution < -0.4 is 21.3 Å². The number of guanidine groups is 1. The SMILES string of the molecule is O=C(N[C@@H](CNC(=O)C1CCN(C(=O)[C@H]2C=C[C@@H](NC3=NCCN3)C2)CC1)C(=O)O)OCc1ccccc1. The fourth-order valence-electron chi connectivity index (χ4n) is 4.71. The fourth-order valence-corrected chi connectivity index (χ4v) is 4.71. The van der Waals surface area contributed by atoms with E-state index in [4.69, 9.17) is 4.74 Å². The Kier molecular flexibility index (Phi) is 9.17. The fraction of sp³-hybridized carbons (Fsp3) is 0.500. The van der Waals surface area contributed by atoms with Crippen LogP contribution in [-0.2, 0) is 25.7 Å². The number of hydrogen-bond acceptors (Lipinski definition) is 8. The number of aliphatic imine (C=N–C) groups is 1. The molecule has 3 aliphatic rings. The highest BCUT2D eigenvalue weighted by molar-refractivity contribution is 5.85. The van der Waals surface area contributed by atoms with Gasteiger partial charge in [0.2, 0.25) is 11.8 Å². The second-order valence-corrected chi connectivity index (χ2v) is 9.58. The highest BCUT2D eigenvalue weighted by atomic mass is 16.5. The van der Waals surface area contributed by atoms with Crippen LogP contribution in [-0.4, -0.2) is 84.7 Å². The number of benzene rings is 1. The van der Waals surface area contributed by atoms with Gasteiger partial charge in [0, 0.05) is 38.1 Å². The number of nitrogens with one attached hydrogen (secondary N) is 4.